The number of carbonyl (C=O) groups excluding carboxylic acids is 1. The van der Waals surface area contributed by atoms with Crippen LogP contribution in [0.25, 0.3) is 11.1 Å². The maximum Gasteiger partial charge on any atom is 0.159 e. The number of phenols is 1. The van der Waals surface area contributed by atoms with Gasteiger partial charge in [-0.3, -0.25) is 4.79 Å². The van der Waals surface area contributed by atoms with Gasteiger partial charge in [-0.05, 0) is 30.2 Å². The van der Waals surface area contributed by atoms with Crippen molar-refractivity contribution in [2.45, 2.75) is 6.92 Å². The van der Waals surface area contributed by atoms with Gasteiger partial charge in [0.1, 0.15) is 11.5 Å². The van der Waals surface area contributed by atoms with E-state index in [0.29, 0.717) is 11.3 Å². The van der Waals surface area contributed by atoms with E-state index in [9.17, 15) is 9.90 Å². The molecule has 0 atom stereocenters. The van der Waals surface area contributed by atoms with Gasteiger partial charge in [0.2, 0.25) is 0 Å². The number of rotatable bonds is 3. The largest absolute Gasteiger partial charge is 0.508 e. The lowest BCUT2D eigenvalue weighted by atomic mass is 10.0. The van der Waals surface area contributed by atoms with E-state index in [1.54, 1.807) is 31.4 Å². The molecule has 0 unspecified atom stereocenters. The molecule has 0 heterocycles. The van der Waals surface area contributed by atoms with Gasteiger partial charge >= 0.3 is 0 Å². The van der Waals surface area contributed by atoms with Crippen LogP contribution >= 0.6 is 0 Å². The smallest absolute Gasteiger partial charge is 0.159 e. The van der Waals surface area contributed by atoms with Crippen LogP contribution in [0.5, 0.6) is 11.5 Å². The van der Waals surface area contributed by atoms with Crippen molar-refractivity contribution >= 4 is 5.78 Å². The van der Waals surface area contributed by atoms with E-state index in [1.807, 2.05) is 18.2 Å². The summed E-state index contributed by atoms with van der Waals surface area (Å²) < 4.78 is 5.11. The Morgan fingerprint density at radius 2 is 1.72 bits per heavy atom. The van der Waals surface area contributed by atoms with Gasteiger partial charge in [0, 0.05) is 11.6 Å². The highest BCUT2D eigenvalue weighted by Gasteiger charge is 2.04. The molecule has 0 saturated heterocycles. The molecule has 0 aromatic heterocycles. The van der Waals surface area contributed by atoms with Crippen molar-refractivity contribution < 1.29 is 14.6 Å². The molecule has 2 aromatic carbocycles. The molecule has 0 aliphatic carbocycles. The first-order valence-electron chi connectivity index (χ1n) is 5.59. The first-order valence-corrected chi connectivity index (χ1v) is 5.59. The van der Waals surface area contributed by atoms with Crippen molar-refractivity contribution in [2.24, 2.45) is 0 Å². The third-order valence-corrected chi connectivity index (χ3v) is 2.75. The molecule has 0 aliphatic rings. The van der Waals surface area contributed by atoms with E-state index in [0.717, 1.165) is 11.1 Å². The Kier molecular flexibility index (Phi) is 3.33. The van der Waals surface area contributed by atoms with Crippen molar-refractivity contribution in [1.82, 2.24) is 0 Å². The van der Waals surface area contributed by atoms with E-state index in [2.05, 4.69) is 0 Å². The Hall–Kier alpha value is -2.29. The van der Waals surface area contributed by atoms with Gasteiger partial charge < -0.3 is 9.84 Å². The van der Waals surface area contributed by atoms with Crippen molar-refractivity contribution in [1.29, 1.82) is 0 Å². The summed E-state index contributed by atoms with van der Waals surface area (Å²) in [6, 6.07) is 12.3. The van der Waals surface area contributed by atoms with E-state index in [1.165, 1.54) is 6.92 Å². The van der Waals surface area contributed by atoms with Gasteiger partial charge in [0.25, 0.3) is 0 Å². The molecule has 0 amide bonds. The molecular formula is C15H14O3. The van der Waals surface area contributed by atoms with Crippen LogP contribution in [0, 0.1) is 0 Å². The third-order valence-electron chi connectivity index (χ3n) is 2.75. The number of phenolic OH excluding ortho intramolecular Hbond substituents is 1. The minimum atomic E-state index is 0.0371. The topological polar surface area (TPSA) is 46.5 Å². The fourth-order valence-electron chi connectivity index (χ4n) is 1.77. The minimum absolute atomic E-state index is 0.0371. The van der Waals surface area contributed by atoms with E-state index in [4.69, 9.17) is 4.74 Å². The number of ether oxygens (including phenoxy) is 1. The number of carbonyl (C=O) groups is 1. The van der Waals surface area contributed by atoms with Crippen molar-refractivity contribution in [3.63, 3.8) is 0 Å². The average molecular weight is 242 g/mol. The Morgan fingerprint density at radius 1 is 1.06 bits per heavy atom. The van der Waals surface area contributed by atoms with Gasteiger partial charge in [-0.15, -0.1) is 0 Å². The zero-order chi connectivity index (χ0) is 13.1. The highest BCUT2D eigenvalue weighted by Crippen LogP contribution is 2.29. The van der Waals surface area contributed by atoms with Gasteiger partial charge in [-0.1, -0.05) is 24.3 Å². The van der Waals surface area contributed by atoms with Crippen molar-refractivity contribution in [2.75, 3.05) is 7.11 Å². The number of ketones is 1. The lowest BCUT2D eigenvalue weighted by Crippen LogP contribution is -1.91. The summed E-state index contributed by atoms with van der Waals surface area (Å²) in [6.45, 7) is 1.53. The number of aromatic hydroxyl groups is 1. The maximum absolute atomic E-state index is 11.2. The van der Waals surface area contributed by atoms with Crippen LogP contribution in [0.15, 0.2) is 42.5 Å². The SMILES string of the molecule is COc1cc(O)cc(-c2ccc(C(C)=O)cc2)c1. The number of Topliss-reactive ketones (excluding diaryl/α,β-unsaturated/α-hetero) is 1. The Balaban J connectivity index is 2.42. The maximum atomic E-state index is 11.2. The van der Waals surface area contributed by atoms with Crippen LogP contribution in [0.1, 0.15) is 17.3 Å². The van der Waals surface area contributed by atoms with Crippen LogP contribution in [0.2, 0.25) is 0 Å². The normalized spacial score (nSPS) is 10.1. The molecule has 1 N–H and O–H groups in total. The number of hydrogen-bond donors (Lipinski definition) is 1. The van der Waals surface area contributed by atoms with E-state index >= 15 is 0 Å². The monoisotopic (exact) mass is 242 g/mol. The summed E-state index contributed by atoms with van der Waals surface area (Å²) in [5.41, 5.74) is 2.45. The average Bonchev–Trinajstić information content (AvgIpc) is 2.38. The summed E-state index contributed by atoms with van der Waals surface area (Å²) >= 11 is 0. The zero-order valence-corrected chi connectivity index (χ0v) is 10.3. The predicted molar refractivity (Wildman–Crippen MR) is 70.1 cm³/mol. The summed E-state index contributed by atoms with van der Waals surface area (Å²) in [5, 5.41) is 9.60. The summed E-state index contributed by atoms with van der Waals surface area (Å²) in [6.07, 6.45) is 0. The molecular weight excluding hydrogens is 228 g/mol. The quantitative estimate of drug-likeness (QED) is 0.840. The Labute approximate surface area is 106 Å². The van der Waals surface area contributed by atoms with E-state index < -0.39 is 0 Å². The molecule has 2 aromatic rings. The fraction of sp³-hybridized carbons (Fsp3) is 0.133. The first-order chi connectivity index (χ1) is 8.60. The standard InChI is InChI=1S/C15H14O3/c1-10(16)11-3-5-12(6-4-11)13-7-14(17)9-15(8-13)18-2/h3-9,17H,1-2H3. The second kappa shape index (κ2) is 4.92. The number of methoxy groups -OCH3 is 1. The van der Waals surface area contributed by atoms with Crippen LogP contribution in [-0.4, -0.2) is 18.0 Å². The second-order valence-corrected chi connectivity index (χ2v) is 4.05. The molecule has 0 bridgehead atoms. The zero-order valence-electron chi connectivity index (χ0n) is 10.3. The van der Waals surface area contributed by atoms with Crippen LogP contribution < -0.4 is 4.74 Å². The van der Waals surface area contributed by atoms with Gasteiger partial charge in [-0.2, -0.15) is 0 Å². The Morgan fingerprint density at radius 3 is 2.28 bits per heavy atom. The van der Waals surface area contributed by atoms with E-state index in [-0.39, 0.29) is 11.5 Å². The molecule has 3 nitrogen and oxygen atoms in total. The first kappa shape index (κ1) is 12.2. The van der Waals surface area contributed by atoms with Gasteiger partial charge in [0.05, 0.1) is 7.11 Å². The molecule has 3 heteroatoms. The van der Waals surface area contributed by atoms with Gasteiger partial charge in [-0.25, -0.2) is 0 Å². The third kappa shape index (κ3) is 2.51. The lowest BCUT2D eigenvalue weighted by Gasteiger charge is -2.06. The van der Waals surface area contributed by atoms with Crippen LogP contribution in [0.3, 0.4) is 0 Å². The van der Waals surface area contributed by atoms with Crippen LogP contribution in [-0.2, 0) is 0 Å². The molecule has 0 spiro atoms. The van der Waals surface area contributed by atoms with Crippen LogP contribution in [0.4, 0.5) is 0 Å². The number of hydrogen-bond acceptors (Lipinski definition) is 3. The highest BCUT2D eigenvalue weighted by atomic mass is 16.5. The fourth-order valence-corrected chi connectivity index (χ4v) is 1.77. The molecule has 2 rings (SSSR count). The molecule has 0 saturated carbocycles. The second-order valence-electron chi connectivity index (χ2n) is 4.05. The highest BCUT2D eigenvalue weighted by molar-refractivity contribution is 5.94. The summed E-state index contributed by atoms with van der Waals surface area (Å²) in [4.78, 5) is 11.2. The molecule has 0 aliphatic heterocycles. The predicted octanol–water partition coefficient (Wildman–Crippen LogP) is 3.27. The van der Waals surface area contributed by atoms with Crippen molar-refractivity contribution in [3.05, 3.63) is 48.0 Å². The summed E-state index contributed by atoms with van der Waals surface area (Å²) in [5.74, 6) is 0.788. The summed E-state index contributed by atoms with van der Waals surface area (Å²) in [7, 11) is 1.55. The number of benzene rings is 2. The molecule has 92 valence electrons. The molecule has 0 fully saturated rings. The molecule has 18 heavy (non-hydrogen) atoms. The molecule has 0 radical (unpaired) electrons. The van der Waals surface area contributed by atoms with Gasteiger partial charge in [0.15, 0.2) is 5.78 Å². The lowest BCUT2D eigenvalue weighted by molar-refractivity contribution is 0.101. The minimum Gasteiger partial charge on any atom is -0.508 e. The van der Waals surface area contributed by atoms with Crippen molar-refractivity contribution in [3.8, 4) is 22.6 Å². The Bertz CT molecular complexity index is 571.